The number of hydrogen-bond acceptors (Lipinski definition) is 5. The van der Waals surface area contributed by atoms with Gasteiger partial charge in [-0.15, -0.1) is 0 Å². The Kier molecular flexibility index (Phi) is 4.73. The molecule has 0 aliphatic heterocycles. The Labute approximate surface area is 141 Å². The highest BCUT2D eigenvalue weighted by atomic mass is 32.2. The average molecular weight is 348 g/mol. The maximum Gasteiger partial charge on any atom is 0.287 e. The van der Waals surface area contributed by atoms with Crippen LogP contribution in [0.15, 0.2) is 52.0 Å². The molecule has 1 aliphatic rings. The van der Waals surface area contributed by atoms with Gasteiger partial charge in [-0.2, -0.15) is 0 Å². The van der Waals surface area contributed by atoms with Crippen molar-refractivity contribution in [2.45, 2.75) is 29.5 Å². The molecule has 1 saturated carbocycles. The number of sulfone groups is 1. The van der Waals surface area contributed by atoms with Gasteiger partial charge in [0, 0.05) is 18.2 Å². The van der Waals surface area contributed by atoms with Crippen molar-refractivity contribution in [1.29, 1.82) is 0 Å². The van der Waals surface area contributed by atoms with E-state index in [0.717, 1.165) is 12.8 Å². The van der Waals surface area contributed by atoms with E-state index in [0.29, 0.717) is 18.0 Å². The zero-order valence-corrected chi connectivity index (χ0v) is 14.0. The lowest BCUT2D eigenvalue weighted by atomic mass is 10.2. The van der Waals surface area contributed by atoms with Gasteiger partial charge in [-0.05, 0) is 37.0 Å². The van der Waals surface area contributed by atoms with E-state index < -0.39 is 15.7 Å². The first-order valence-corrected chi connectivity index (χ1v) is 9.50. The van der Waals surface area contributed by atoms with E-state index in [1.165, 1.54) is 24.5 Å². The Morgan fingerprint density at radius 1 is 1.25 bits per heavy atom. The highest BCUT2D eigenvalue weighted by Crippen LogP contribution is 2.31. The summed E-state index contributed by atoms with van der Waals surface area (Å²) in [5.41, 5.74) is 6.30. The first-order valence-electron chi connectivity index (χ1n) is 7.85. The number of hydrogen-bond donors (Lipinski definition) is 2. The van der Waals surface area contributed by atoms with Gasteiger partial charge >= 0.3 is 0 Å². The first kappa shape index (κ1) is 16.7. The van der Waals surface area contributed by atoms with Gasteiger partial charge in [0.1, 0.15) is 0 Å². The third-order valence-electron chi connectivity index (χ3n) is 4.13. The van der Waals surface area contributed by atoms with Crippen LogP contribution < -0.4 is 11.1 Å². The number of rotatable bonds is 7. The third kappa shape index (κ3) is 3.85. The third-order valence-corrected chi connectivity index (χ3v) is 5.81. The number of nitrogens with one attached hydrogen (secondary N) is 1. The van der Waals surface area contributed by atoms with E-state index in [9.17, 15) is 13.2 Å². The molecule has 3 rings (SSSR count). The number of benzene rings is 1. The van der Waals surface area contributed by atoms with Crippen LogP contribution >= 0.6 is 0 Å². The van der Waals surface area contributed by atoms with Crippen molar-refractivity contribution in [3.05, 3.63) is 54.0 Å². The highest BCUT2D eigenvalue weighted by molar-refractivity contribution is 7.90. The van der Waals surface area contributed by atoms with Crippen LogP contribution in [0, 0.1) is 5.92 Å². The monoisotopic (exact) mass is 348 g/mol. The average Bonchev–Trinajstić information content (AvgIpc) is 3.33. The summed E-state index contributed by atoms with van der Waals surface area (Å²) in [5, 5.41) is 2.72. The maximum absolute atomic E-state index is 12.4. The van der Waals surface area contributed by atoms with Gasteiger partial charge < -0.3 is 15.5 Å². The second kappa shape index (κ2) is 6.78. The Bertz CT molecular complexity index is 810. The molecule has 1 aliphatic carbocycles. The van der Waals surface area contributed by atoms with Crippen molar-refractivity contribution in [3.63, 3.8) is 0 Å². The molecular formula is C17H20N2O4S. The summed E-state index contributed by atoms with van der Waals surface area (Å²) in [7, 11) is -3.54. The van der Waals surface area contributed by atoms with Gasteiger partial charge in [-0.25, -0.2) is 8.42 Å². The van der Waals surface area contributed by atoms with E-state index in [1.807, 2.05) is 0 Å². The number of amides is 1. The Balaban J connectivity index is 1.69. The normalized spacial score (nSPS) is 15.9. The standard InChI is InChI=1S/C17H20N2O4S/c18-15(12-6-7-12)10-19-17(20)16-13(8-9-23-16)11-24(21,22)14-4-2-1-3-5-14/h1-5,8-9,12,15H,6-7,10-11,18H2,(H,19,20). The van der Waals surface area contributed by atoms with E-state index in [1.54, 1.807) is 18.2 Å². The zero-order valence-electron chi connectivity index (χ0n) is 13.1. The fraction of sp³-hybridized carbons (Fsp3) is 0.353. The molecule has 0 saturated heterocycles. The quantitative estimate of drug-likeness (QED) is 0.793. The predicted octanol–water partition coefficient (Wildman–Crippen LogP) is 1.72. The predicted molar refractivity (Wildman–Crippen MR) is 89.1 cm³/mol. The van der Waals surface area contributed by atoms with E-state index in [4.69, 9.17) is 10.2 Å². The van der Waals surface area contributed by atoms with Crippen LogP contribution in [0.2, 0.25) is 0 Å². The summed E-state index contributed by atoms with van der Waals surface area (Å²) in [6, 6.07) is 9.58. The van der Waals surface area contributed by atoms with Gasteiger partial charge in [-0.1, -0.05) is 18.2 Å². The molecule has 3 N–H and O–H groups in total. The van der Waals surface area contributed by atoms with Crippen LogP contribution in [0.3, 0.4) is 0 Å². The molecule has 128 valence electrons. The minimum Gasteiger partial charge on any atom is -0.459 e. The van der Waals surface area contributed by atoms with Gasteiger partial charge in [0.25, 0.3) is 5.91 Å². The molecule has 1 amide bonds. The zero-order chi connectivity index (χ0) is 17.2. The molecule has 0 radical (unpaired) electrons. The van der Waals surface area contributed by atoms with Crippen LogP contribution in [-0.2, 0) is 15.6 Å². The van der Waals surface area contributed by atoms with Crippen molar-refractivity contribution in [1.82, 2.24) is 5.32 Å². The van der Waals surface area contributed by atoms with E-state index in [-0.39, 0.29) is 22.5 Å². The van der Waals surface area contributed by atoms with Gasteiger partial charge in [0.2, 0.25) is 0 Å². The molecule has 1 heterocycles. The lowest BCUT2D eigenvalue weighted by Crippen LogP contribution is -2.38. The molecule has 1 aromatic heterocycles. The first-order chi connectivity index (χ1) is 11.5. The summed E-state index contributed by atoms with van der Waals surface area (Å²) in [5.74, 6) is -0.225. The molecular weight excluding hydrogens is 328 g/mol. The lowest BCUT2D eigenvalue weighted by Gasteiger charge is -2.11. The minimum atomic E-state index is -3.54. The van der Waals surface area contributed by atoms with E-state index in [2.05, 4.69) is 5.32 Å². The van der Waals surface area contributed by atoms with Crippen LogP contribution in [-0.4, -0.2) is 26.9 Å². The fourth-order valence-corrected chi connectivity index (χ4v) is 3.92. The summed E-state index contributed by atoms with van der Waals surface area (Å²) in [4.78, 5) is 12.5. The smallest absolute Gasteiger partial charge is 0.287 e. The Hall–Kier alpha value is -2.12. The second-order valence-corrected chi connectivity index (χ2v) is 8.05. The van der Waals surface area contributed by atoms with Crippen molar-refractivity contribution in [2.24, 2.45) is 11.7 Å². The molecule has 1 unspecified atom stereocenters. The fourth-order valence-electron chi connectivity index (χ4n) is 2.55. The van der Waals surface area contributed by atoms with Gasteiger partial charge in [0.15, 0.2) is 15.6 Å². The molecule has 7 heteroatoms. The Morgan fingerprint density at radius 2 is 1.96 bits per heavy atom. The van der Waals surface area contributed by atoms with Crippen LogP contribution in [0.4, 0.5) is 0 Å². The lowest BCUT2D eigenvalue weighted by molar-refractivity contribution is 0.0921. The van der Waals surface area contributed by atoms with Gasteiger partial charge in [-0.3, -0.25) is 4.79 Å². The SMILES string of the molecule is NC(CNC(=O)c1occc1CS(=O)(=O)c1ccccc1)C1CC1. The molecule has 6 nitrogen and oxygen atoms in total. The van der Waals surface area contributed by atoms with Gasteiger partial charge in [0.05, 0.1) is 16.9 Å². The molecule has 2 aromatic rings. The van der Waals surface area contributed by atoms with Crippen molar-refractivity contribution in [3.8, 4) is 0 Å². The minimum absolute atomic E-state index is 0.0255. The summed E-state index contributed by atoms with van der Waals surface area (Å²) >= 11 is 0. The van der Waals surface area contributed by atoms with Crippen LogP contribution in [0.1, 0.15) is 29.0 Å². The summed E-state index contributed by atoms with van der Waals surface area (Å²) < 4.78 is 30.1. The number of carbonyl (C=O) groups excluding carboxylic acids is 1. The molecule has 0 spiro atoms. The second-order valence-electron chi connectivity index (χ2n) is 6.06. The van der Waals surface area contributed by atoms with Crippen LogP contribution in [0.5, 0.6) is 0 Å². The molecule has 1 fully saturated rings. The summed E-state index contributed by atoms with van der Waals surface area (Å²) in [6.07, 6.45) is 3.52. The maximum atomic E-state index is 12.4. The van der Waals surface area contributed by atoms with Crippen LogP contribution in [0.25, 0.3) is 0 Å². The molecule has 0 bridgehead atoms. The van der Waals surface area contributed by atoms with E-state index >= 15 is 0 Å². The number of carbonyl (C=O) groups is 1. The highest BCUT2D eigenvalue weighted by Gasteiger charge is 2.29. The molecule has 24 heavy (non-hydrogen) atoms. The Morgan fingerprint density at radius 3 is 2.62 bits per heavy atom. The number of furan rings is 1. The van der Waals surface area contributed by atoms with Crippen molar-refractivity contribution >= 4 is 15.7 Å². The molecule has 1 aromatic carbocycles. The summed E-state index contributed by atoms with van der Waals surface area (Å²) in [6.45, 7) is 0.356. The van der Waals surface area contributed by atoms with Crippen molar-refractivity contribution < 1.29 is 17.6 Å². The topological polar surface area (TPSA) is 102 Å². The largest absolute Gasteiger partial charge is 0.459 e. The molecule has 1 atom stereocenters. The number of nitrogens with two attached hydrogens (primary N) is 1. The van der Waals surface area contributed by atoms with Crippen molar-refractivity contribution in [2.75, 3.05) is 6.54 Å².